The average Bonchev–Trinajstić information content (AvgIpc) is 3.11. The zero-order valence-corrected chi connectivity index (χ0v) is 19.3. The van der Waals surface area contributed by atoms with E-state index in [-0.39, 0.29) is 18.1 Å². The number of halogens is 2. The highest BCUT2D eigenvalue weighted by Gasteiger charge is 2.20. The lowest BCUT2D eigenvalue weighted by Crippen LogP contribution is -2.06. The SMILES string of the molecule is CC(=O)Oc1ccc(C(=O)CCc2nc(-c3ccc(Cl)cc3Cl)oc2C(C)C)cc1C. The maximum Gasteiger partial charge on any atom is 0.308 e. The Labute approximate surface area is 191 Å². The fourth-order valence-corrected chi connectivity index (χ4v) is 3.73. The van der Waals surface area contributed by atoms with Crippen molar-refractivity contribution >= 4 is 35.0 Å². The Kier molecular flexibility index (Phi) is 7.19. The molecule has 0 saturated carbocycles. The molecule has 0 bridgehead atoms. The molecular weight excluding hydrogens is 437 g/mol. The molecule has 0 fully saturated rings. The van der Waals surface area contributed by atoms with Crippen LogP contribution >= 0.6 is 23.2 Å². The number of nitrogens with zero attached hydrogens (tertiary/aromatic N) is 1. The van der Waals surface area contributed by atoms with Crippen molar-refractivity contribution < 1.29 is 18.7 Å². The number of benzene rings is 2. The van der Waals surface area contributed by atoms with Crippen LogP contribution in [0, 0.1) is 6.92 Å². The van der Waals surface area contributed by atoms with Crippen molar-refractivity contribution in [1.82, 2.24) is 4.98 Å². The van der Waals surface area contributed by atoms with Crippen molar-refractivity contribution in [1.29, 1.82) is 0 Å². The molecule has 0 aliphatic carbocycles. The van der Waals surface area contributed by atoms with E-state index in [2.05, 4.69) is 4.98 Å². The van der Waals surface area contributed by atoms with E-state index >= 15 is 0 Å². The van der Waals surface area contributed by atoms with Gasteiger partial charge in [-0.15, -0.1) is 0 Å². The molecule has 0 aliphatic rings. The van der Waals surface area contributed by atoms with Gasteiger partial charge in [-0.25, -0.2) is 4.98 Å². The zero-order valence-electron chi connectivity index (χ0n) is 17.8. The van der Waals surface area contributed by atoms with Crippen molar-refractivity contribution in [2.75, 3.05) is 0 Å². The van der Waals surface area contributed by atoms with Crippen LogP contribution in [0.2, 0.25) is 10.0 Å². The van der Waals surface area contributed by atoms with Crippen LogP contribution in [-0.4, -0.2) is 16.7 Å². The molecule has 0 aliphatic heterocycles. The summed E-state index contributed by atoms with van der Waals surface area (Å²) in [6.07, 6.45) is 0.707. The van der Waals surface area contributed by atoms with Gasteiger partial charge in [-0.1, -0.05) is 37.0 Å². The summed E-state index contributed by atoms with van der Waals surface area (Å²) in [7, 11) is 0. The molecule has 0 unspecified atom stereocenters. The normalized spacial score (nSPS) is 11.1. The van der Waals surface area contributed by atoms with Crippen LogP contribution in [0.3, 0.4) is 0 Å². The number of aromatic nitrogens is 1. The van der Waals surface area contributed by atoms with Gasteiger partial charge in [-0.2, -0.15) is 0 Å². The number of carbonyl (C=O) groups is 2. The lowest BCUT2D eigenvalue weighted by Gasteiger charge is -2.08. The summed E-state index contributed by atoms with van der Waals surface area (Å²) in [6, 6.07) is 10.2. The minimum Gasteiger partial charge on any atom is -0.441 e. The number of Topliss-reactive ketones (excluding diaryl/α,β-unsaturated/α-hetero) is 1. The maximum atomic E-state index is 12.8. The highest BCUT2D eigenvalue weighted by molar-refractivity contribution is 6.36. The third-order valence-corrected chi connectivity index (χ3v) is 5.30. The lowest BCUT2D eigenvalue weighted by molar-refractivity contribution is -0.131. The van der Waals surface area contributed by atoms with Crippen LogP contribution in [0.5, 0.6) is 5.75 Å². The Morgan fingerprint density at radius 2 is 1.87 bits per heavy atom. The van der Waals surface area contributed by atoms with Gasteiger partial charge in [0.25, 0.3) is 0 Å². The summed E-state index contributed by atoms with van der Waals surface area (Å²) in [4.78, 5) is 28.5. The van der Waals surface area contributed by atoms with Gasteiger partial charge >= 0.3 is 5.97 Å². The second-order valence-corrected chi connectivity index (χ2v) is 8.45. The van der Waals surface area contributed by atoms with Crippen LogP contribution in [0.4, 0.5) is 0 Å². The van der Waals surface area contributed by atoms with Crippen LogP contribution < -0.4 is 4.74 Å². The highest BCUT2D eigenvalue weighted by Crippen LogP contribution is 2.33. The molecule has 0 saturated heterocycles. The van der Waals surface area contributed by atoms with Crippen molar-refractivity contribution in [2.45, 2.75) is 46.5 Å². The standard InChI is InChI=1S/C24H23Cl2NO4/c1-13(2)23-20(27-24(31-23)18-7-6-17(25)12-19(18)26)8-9-21(29)16-5-10-22(14(3)11-16)30-15(4)28/h5-7,10-13H,8-9H2,1-4H3. The van der Waals surface area contributed by atoms with E-state index in [0.717, 1.165) is 17.0 Å². The molecule has 162 valence electrons. The van der Waals surface area contributed by atoms with Gasteiger partial charge < -0.3 is 9.15 Å². The van der Waals surface area contributed by atoms with E-state index in [1.54, 1.807) is 43.3 Å². The van der Waals surface area contributed by atoms with Crippen molar-refractivity contribution in [3.05, 3.63) is 69.0 Å². The first kappa shape index (κ1) is 23.0. The predicted octanol–water partition coefficient (Wildman–Crippen LogP) is 6.82. The number of ether oxygens (including phenoxy) is 1. The van der Waals surface area contributed by atoms with Crippen molar-refractivity contribution in [3.8, 4) is 17.2 Å². The predicted molar refractivity (Wildman–Crippen MR) is 121 cm³/mol. The van der Waals surface area contributed by atoms with E-state index in [1.807, 2.05) is 13.8 Å². The van der Waals surface area contributed by atoms with Gasteiger partial charge in [0.1, 0.15) is 11.5 Å². The average molecular weight is 460 g/mol. The number of ketones is 1. The molecule has 0 N–H and O–H groups in total. The van der Waals surface area contributed by atoms with Crippen LogP contribution in [0.15, 0.2) is 40.8 Å². The first-order chi connectivity index (χ1) is 14.7. The van der Waals surface area contributed by atoms with E-state index in [0.29, 0.717) is 39.2 Å². The summed E-state index contributed by atoms with van der Waals surface area (Å²) in [5, 5.41) is 0.986. The largest absolute Gasteiger partial charge is 0.441 e. The molecule has 1 aromatic heterocycles. The molecular formula is C24H23Cl2NO4. The Morgan fingerprint density at radius 3 is 2.48 bits per heavy atom. The molecule has 0 radical (unpaired) electrons. The molecule has 1 heterocycles. The third-order valence-electron chi connectivity index (χ3n) is 4.75. The first-order valence-corrected chi connectivity index (χ1v) is 10.7. The Morgan fingerprint density at radius 1 is 1.13 bits per heavy atom. The minimum atomic E-state index is -0.397. The number of rotatable bonds is 7. The lowest BCUT2D eigenvalue weighted by atomic mass is 10.0. The van der Waals surface area contributed by atoms with Crippen LogP contribution in [0.25, 0.3) is 11.5 Å². The molecule has 31 heavy (non-hydrogen) atoms. The minimum absolute atomic E-state index is 0.0266. The van der Waals surface area contributed by atoms with Gasteiger partial charge in [0.15, 0.2) is 5.78 Å². The number of esters is 1. The Balaban J connectivity index is 1.79. The Hall–Kier alpha value is -2.63. The number of aryl methyl sites for hydroxylation is 2. The number of hydrogen-bond donors (Lipinski definition) is 0. The van der Waals surface area contributed by atoms with E-state index in [4.69, 9.17) is 32.4 Å². The fourth-order valence-electron chi connectivity index (χ4n) is 3.24. The van der Waals surface area contributed by atoms with Crippen LogP contribution in [-0.2, 0) is 11.2 Å². The van der Waals surface area contributed by atoms with Gasteiger partial charge in [0.2, 0.25) is 5.89 Å². The van der Waals surface area contributed by atoms with Crippen molar-refractivity contribution in [2.24, 2.45) is 0 Å². The summed E-state index contributed by atoms with van der Waals surface area (Å²) >= 11 is 12.3. The number of carbonyl (C=O) groups excluding carboxylic acids is 2. The topological polar surface area (TPSA) is 69.4 Å². The molecule has 5 nitrogen and oxygen atoms in total. The smallest absolute Gasteiger partial charge is 0.308 e. The molecule has 2 aromatic carbocycles. The number of hydrogen-bond acceptors (Lipinski definition) is 5. The van der Waals surface area contributed by atoms with Crippen molar-refractivity contribution in [3.63, 3.8) is 0 Å². The highest BCUT2D eigenvalue weighted by atomic mass is 35.5. The molecule has 0 spiro atoms. The third kappa shape index (κ3) is 5.54. The molecule has 3 rings (SSSR count). The van der Waals surface area contributed by atoms with Gasteiger partial charge in [0, 0.05) is 36.3 Å². The Bertz CT molecular complexity index is 1130. The van der Waals surface area contributed by atoms with E-state index < -0.39 is 5.97 Å². The van der Waals surface area contributed by atoms with Gasteiger partial charge in [-0.3, -0.25) is 9.59 Å². The molecule has 3 aromatic rings. The fraction of sp³-hybridized carbons (Fsp3) is 0.292. The summed E-state index contributed by atoms with van der Waals surface area (Å²) < 4.78 is 11.1. The second-order valence-electron chi connectivity index (χ2n) is 7.61. The monoisotopic (exact) mass is 459 g/mol. The zero-order chi connectivity index (χ0) is 22.7. The van der Waals surface area contributed by atoms with Gasteiger partial charge in [0.05, 0.1) is 16.3 Å². The molecule has 7 heteroatoms. The summed E-state index contributed by atoms with van der Waals surface area (Å²) in [6.45, 7) is 7.16. The summed E-state index contributed by atoms with van der Waals surface area (Å²) in [5.74, 6) is 1.27. The number of oxazole rings is 1. The van der Waals surface area contributed by atoms with Crippen LogP contribution in [0.1, 0.15) is 60.5 Å². The second kappa shape index (κ2) is 9.67. The quantitative estimate of drug-likeness (QED) is 0.220. The molecule has 0 atom stereocenters. The maximum absolute atomic E-state index is 12.8. The first-order valence-electron chi connectivity index (χ1n) is 9.93. The van der Waals surface area contributed by atoms with E-state index in [9.17, 15) is 9.59 Å². The summed E-state index contributed by atoms with van der Waals surface area (Å²) in [5.41, 5.74) is 2.67. The van der Waals surface area contributed by atoms with E-state index in [1.165, 1.54) is 6.92 Å². The molecule has 0 amide bonds. The van der Waals surface area contributed by atoms with Gasteiger partial charge in [-0.05, 0) is 48.9 Å².